The van der Waals surface area contributed by atoms with Crippen LogP contribution in [0.4, 0.5) is 0 Å². The van der Waals surface area contributed by atoms with Crippen LogP contribution in [0.3, 0.4) is 0 Å². The zero-order chi connectivity index (χ0) is 19.3. The summed E-state index contributed by atoms with van der Waals surface area (Å²) in [5.74, 6) is -0.320. The quantitative estimate of drug-likeness (QED) is 0.504. The van der Waals surface area contributed by atoms with Crippen molar-refractivity contribution in [1.82, 2.24) is 4.31 Å². The molecule has 144 valence electrons. The lowest BCUT2D eigenvalue weighted by molar-refractivity contribution is -0.144. The number of nitrogens with zero attached hydrogens (tertiary/aromatic N) is 1. The second-order valence-electron chi connectivity index (χ2n) is 6.42. The summed E-state index contributed by atoms with van der Waals surface area (Å²) in [5, 5.41) is 0. The minimum atomic E-state index is -3.92. The number of aldehydes is 1. The summed E-state index contributed by atoms with van der Waals surface area (Å²) in [6.07, 6.45) is 2.35. The van der Waals surface area contributed by atoms with Crippen molar-refractivity contribution in [2.75, 3.05) is 13.7 Å². The van der Waals surface area contributed by atoms with Gasteiger partial charge < -0.3 is 14.3 Å². The van der Waals surface area contributed by atoms with Gasteiger partial charge in [-0.05, 0) is 50.8 Å². The number of ether oxygens (including phenoxy) is 2. The lowest BCUT2D eigenvalue weighted by Gasteiger charge is -2.24. The third-order valence-electron chi connectivity index (χ3n) is 4.38. The first-order valence-corrected chi connectivity index (χ1v) is 10.1. The van der Waals surface area contributed by atoms with E-state index in [1.165, 1.54) is 17.5 Å². The maximum absolute atomic E-state index is 13.2. The summed E-state index contributed by atoms with van der Waals surface area (Å²) in [6, 6.07) is 4.04. The van der Waals surface area contributed by atoms with E-state index in [0.29, 0.717) is 25.7 Å². The molecule has 0 N–H and O–H groups in total. The van der Waals surface area contributed by atoms with Gasteiger partial charge in [-0.15, -0.1) is 0 Å². The molecule has 0 bridgehead atoms. The highest BCUT2D eigenvalue weighted by Gasteiger charge is 2.41. The van der Waals surface area contributed by atoms with Crippen molar-refractivity contribution in [3.8, 4) is 5.75 Å². The van der Waals surface area contributed by atoms with Crippen LogP contribution in [-0.2, 0) is 24.3 Å². The maximum atomic E-state index is 13.2. The summed E-state index contributed by atoms with van der Waals surface area (Å²) in [7, 11) is -2.67. The van der Waals surface area contributed by atoms with Crippen LogP contribution in [0, 0.1) is 6.92 Å². The van der Waals surface area contributed by atoms with Gasteiger partial charge in [-0.2, -0.15) is 4.31 Å². The van der Waals surface area contributed by atoms with Crippen molar-refractivity contribution in [3.05, 3.63) is 23.8 Å². The minimum Gasteiger partial charge on any atom is -0.489 e. The van der Waals surface area contributed by atoms with Gasteiger partial charge in [0.05, 0.1) is 13.2 Å². The lowest BCUT2D eigenvalue weighted by Crippen LogP contribution is -2.41. The van der Waals surface area contributed by atoms with Gasteiger partial charge in [0.25, 0.3) is 0 Å². The smallest absolute Gasteiger partial charge is 0.324 e. The molecule has 0 spiro atoms. The van der Waals surface area contributed by atoms with Crippen molar-refractivity contribution < 1.29 is 27.5 Å². The zero-order valence-electron chi connectivity index (χ0n) is 15.3. The Morgan fingerprint density at radius 1 is 1.42 bits per heavy atom. The van der Waals surface area contributed by atoms with Crippen LogP contribution >= 0.6 is 0 Å². The number of esters is 1. The van der Waals surface area contributed by atoms with Gasteiger partial charge in [0, 0.05) is 13.0 Å². The molecular weight excluding hydrogens is 358 g/mol. The number of aryl methyl sites for hydroxylation is 1. The van der Waals surface area contributed by atoms with Crippen molar-refractivity contribution >= 4 is 22.3 Å². The van der Waals surface area contributed by atoms with Crippen molar-refractivity contribution in [2.24, 2.45) is 0 Å². The van der Waals surface area contributed by atoms with Gasteiger partial charge in [-0.3, -0.25) is 4.79 Å². The Hall–Kier alpha value is -1.93. The van der Waals surface area contributed by atoms with Gasteiger partial charge in [0.1, 0.15) is 23.0 Å². The summed E-state index contributed by atoms with van der Waals surface area (Å²) in [4.78, 5) is 22.5. The summed E-state index contributed by atoms with van der Waals surface area (Å²) in [6.45, 7) is 3.89. The standard InChI is InChI=1S/C18H25NO6S/c1-13-8-9-17(16(12-13)25-14(2)6-5-11-20)26(22,23)19-10-4-7-15(19)18(21)24-3/h8-9,11-12,14-15H,4-7,10H2,1-3H3/t14-,15+/m1/s1. The molecule has 8 heteroatoms. The molecule has 0 radical (unpaired) electrons. The summed E-state index contributed by atoms with van der Waals surface area (Å²) in [5.41, 5.74) is 0.854. The summed E-state index contributed by atoms with van der Waals surface area (Å²) < 4.78 is 38.1. The lowest BCUT2D eigenvalue weighted by atomic mass is 10.2. The number of benzene rings is 1. The number of carbonyl (C=O) groups is 2. The fraction of sp³-hybridized carbons (Fsp3) is 0.556. The number of sulfonamides is 1. The Labute approximate surface area is 154 Å². The second-order valence-corrected chi connectivity index (χ2v) is 8.28. The predicted molar refractivity (Wildman–Crippen MR) is 95.5 cm³/mol. The molecule has 1 fully saturated rings. The van der Waals surface area contributed by atoms with Crippen molar-refractivity contribution in [3.63, 3.8) is 0 Å². The predicted octanol–water partition coefficient (Wildman–Crippen LogP) is 2.07. The number of hydrogen-bond donors (Lipinski definition) is 0. The van der Waals surface area contributed by atoms with Gasteiger partial charge in [-0.1, -0.05) is 6.07 Å². The van der Waals surface area contributed by atoms with Crippen LogP contribution in [0.2, 0.25) is 0 Å². The van der Waals surface area contributed by atoms with Crippen LogP contribution in [0.5, 0.6) is 5.75 Å². The Morgan fingerprint density at radius 2 is 2.15 bits per heavy atom. The molecule has 0 amide bonds. The fourth-order valence-electron chi connectivity index (χ4n) is 3.02. The van der Waals surface area contributed by atoms with E-state index in [1.807, 2.05) is 6.92 Å². The molecule has 1 aromatic rings. The molecule has 1 aliphatic heterocycles. The van der Waals surface area contributed by atoms with Gasteiger partial charge in [0.2, 0.25) is 10.0 Å². The van der Waals surface area contributed by atoms with E-state index in [9.17, 15) is 18.0 Å². The van der Waals surface area contributed by atoms with E-state index < -0.39 is 22.0 Å². The molecule has 1 saturated heterocycles. The normalized spacial score (nSPS) is 19.1. The third kappa shape index (κ3) is 4.42. The molecule has 26 heavy (non-hydrogen) atoms. The maximum Gasteiger partial charge on any atom is 0.324 e. The van der Waals surface area contributed by atoms with Crippen LogP contribution in [-0.4, -0.2) is 50.8 Å². The molecule has 1 aromatic carbocycles. The number of carbonyl (C=O) groups excluding carboxylic acids is 2. The Morgan fingerprint density at radius 3 is 2.81 bits per heavy atom. The molecule has 0 unspecified atom stereocenters. The topological polar surface area (TPSA) is 90.0 Å². The number of methoxy groups -OCH3 is 1. The van der Waals surface area contributed by atoms with Gasteiger partial charge in [-0.25, -0.2) is 8.42 Å². The van der Waals surface area contributed by atoms with Crippen LogP contribution in [0.15, 0.2) is 23.1 Å². The molecule has 0 aliphatic carbocycles. The van der Waals surface area contributed by atoms with Crippen molar-refractivity contribution in [1.29, 1.82) is 0 Å². The van der Waals surface area contributed by atoms with Crippen LogP contribution in [0.1, 0.15) is 38.2 Å². The Kier molecular flexibility index (Phi) is 6.77. The molecule has 7 nitrogen and oxygen atoms in total. The Bertz CT molecular complexity index is 761. The van der Waals surface area contributed by atoms with E-state index in [0.717, 1.165) is 11.8 Å². The highest BCUT2D eigenvalue weighted by atomic mass is 32.2. The van der Waals surface area contributed by atoms with E-state index in [2.05, 4.69) is 0 Å². The molecule has 1 heterocycles. The van der Waals surface area contributed by atoms with E-state index in [4.69, 9.17) is 9.47 Å². The second kappa shape index (κ2) is 8.64. The number of hydrogen-bond acceptors (Lipinski definition) is 6. The SMILES string of the molecule is COC(=O)[C@@H]1CCCN1S(=O)(=O)c1ccc(C)cc1O[C@H](C)CCC=O. The molecule has 0 aromatic heterocycles. The average Bonchev–Trinajstić information content (AvgIpc) is 3.09. The first-order valence-electron chi connectivity index (χ1n) is 8.62. The molecular formula is C18H25NO6S. The fourth-order valence-corrected chi connectivity index (χ4v) is 4.77. The van der Waals surface area contributed by atoms with E-state index in [-0.39, 0.29) is 23.3 Å². The number of rotatable bonds is 8. The van der Waals surface area contributed by atoms with Crippen LogP contribution < -0.4 is 4.74 Å². The molecule has 2 rings (SSSR count). The molecule has 0 saturated carbocycles. The van der Waals surface area contributed by atoms with Crippen LogP contribution in [0.25, 0.3) is 0 Å². The zero-order valence-corrected chi connectivity index (χ0v) is 16.1. The first-order chi connectivity index (χ1) is 12.3. The van der Waals surface area contributed by atoms with E-state index in [1.54, 1.807) is 19.1 Å². The highest BCUT2D eigenvalue weighted by molar-refractivity contribution is 7.89. The first kappa shape index (κ1) is 20.4. The van der Waals surface area contributed by atoms with Gasteiger partial charge >= 0.3 is 5.97 Å². The molecule has 2 atom stereocenters. The van der Waals surface area contributed by atoms with Gasteiger partial charge in [0.15, 0.2) is 0 Å². The molecule has 1 aliphatic rings. The highest BCUT2D eigenvalue weighted by Crippen LogP contribution is 2.33. The Balaban J connectivity index is 2.36. The average molecular weight is 383 g/mol. The minimum absolute atomic E-state index is 0.0249. The van der Waals surface area contributed by atoms with E-state index >= 15 is 0 Å². The summed E-state index contributed by atoms with van der Waals surface area (Å²) >= 11 is 0. The van der Waals surface area contributed by atoms with Crippen molar-refractivity contribution in [2.45, 2.75) is 56.6 Å². The largest absolute Gasteiger partial charge is 0.489 e. The third-order valence-corrected chi connectivity index (χ3v) is 6.33. The monoisotopic (exact) mass is 383 g/mol.